The first kappa shape index (κ1) is 19.8. The average Bonchev–Trinajstić information content (AvgIpc) is 3.28. The molecular weight excluding hydrogens is 406 g/mol. The van der Waals surface area contributed by atoms with Crippen LogP contribution >= 0.6 is 0 Å². The summed E-state index contributed by atoms with van der Waals surface area (Å²) in [7, 11) is 0. The molecule has 1 amide bonds. The second kappa shape index (κ2) is 8.20. The molecule has 0 fully saturated rings. The Hall–Kier alpha value is -4.10. The Morgan fingerprint density at radius 1 is 1.00 bits per heavy atom. The van der Waals surface area contributed by atoms with Crippen molar-refractivity contribution in [2.45, 2.75) is 13.0 Å². The average molecular weight is 427 g/mol. The molecule has 32 heavy (non-hydrogen) atoms. The molecule has 3 aromatic carbocycles. The monoisotopic (exact) mass is 427 g/mol. The summed E-state index contributed by atoms with van der Waals surface area (Å²) in [6, 6.07) is 22.0. The molecular formula is C25H21N3O4. The topological polar surface area (TPSA) is 99.1 Å². The Labute approximate surface area is 184 Å². The fraction of sp³-hybridized carbons (Fsp3) is 0.120. The van der Waals surface area contributed by atoms with Gasteiger partial charge in [-0.05, 0) is 49.4 Å². The third-order valence-electron chi connectivity index (χ3n) is 5.12. The highest BCUT2D eigenvalue weighted by molar-refractivity contribution is 5.96. The van der Waals surface area contributed by atoms with Crippen molar-refractivity contribution in [1.29, 1.82) is 0 Å². The number of ether oxygens (including phenoxy) is 2. The van der Waals surface area contributed by atoms with Crippen LogP contribution in [0.1, 0.15) is 6.92 Å². The molecule has 3 N–H and O–H groups in total. The third kappa shape index (κ3) is 3.81. The summed E-state index contributed by atoms with van der Waals surface area (Å²) >= 11 is 0. The lowest BCUT2D eigenvalue weighted by atomic mass is 10.1. The number of amides is 1. The maximum atomic E-state index is 12.1. The van der Waals surface area contributed by atoms with Crippen molar-refractivity contribution >= 4 is 28.3 Å². The lowest BCUT2D eigenvalue weighted by Gasteiger charge is -2.10. The number of carbonyl (C=O) groups is 1. The van der Waals surface area contributed by atoms with E-state index in [-0.39, 0.29) is 12.7 Å². The molecule has 2 heterocycles. The van der Waals surface area contributed by atoms with E-state index in [1.807, 2.05) is 66.7 Å². The van der Waals surface area contributed by atoms with E-state index >= 15 is 0 Å². The summed E-state index contributed by atoms with van der Waals surface area (Å²) in [5.41, 5.74) is 8.45. The molecule has 7 nitrogen and oxygen atoms in total. The van der Waals surface area contributed by atoms with Crippen molar-refractivity contribution in [2.24, 2.45) is 10.7 Å². The minimum atomic E-state index is -0.628. The number of hydrogen-bond donors (Lipinski definition) is 2. The summed E-state index contributed by atoms with van der Waals surface area (Å²) in [6.45, 7) is 1.84. The van der Waals surface area contributed by atoms with Crippen molar-refractivity contribution in [2.75, 3.05) is 12.1 Å². The Morgan fingerprint density at radius 2 is 1.78 bits per heavy atom. The summed E-state index contributed by atoms with van der Waals surface area (Å²) < 4.78 is 17.1. The Kier molecular flexibility index (Phi) is 5.09. The van der Waals surface area contributed by atoms with Gasteiger partial charge in [0.05, 0.1) is 22.8 Å². The lowest BCUT2D eigenvalue weighted by Crippen LogP contribution is -2.32. The van der Waals surface area contributed by atoms with Gasteiger partial charge in [0.25, 0.3) is 0 Å². The molecule has 1 aliphatic heterocycles. The number of para-hydroxylation sites is 3. The van der Waals surface area contributed by atoms with Gasteiger partial charge in [-0.25, -0.2) is 4.99 Å². The number of nitrogens with one attached hydrogen (secondary N) is 1. The van der Waals surface area contributed by atoms with Crippen LogP contribution in [-0.2, 0) is 4.79 Å². The van der Waals surface area contributed by atoms with Gasteiger partial charge in [0.1, 0.15) is 11.3 Å². The zero-order valence-corrected chi connectivity index (χ0v) is 17.4. The van der Waals surface area contributed by atoms with E-state index in [9.17, 15) is 4.79 Å². The summed E-state index contributed by atoms with van der Waals surface area (Å²) in [4.78, 5) is 17.0. The molecule has 1 atom stereocenters. The molecule has 1 aliphatic rings. The number of hydrogen-bond acceptors (Lipinski definition) is 6. The Morgan fingerprint density at radius 3 is 2.66 bits per heavy atom. The summed E-state index contributed by atoms with van der Waals surface area (Å²) in [6.07, 6.45) is 0. The SMILES string of the molecule is C[C@H](N)C(=O)Nc1ccccc1N=c1cc(-c2ccc3c(c2)OCO3)oc2ccccc12. The van der Waals surface area contributed by atoms with Crippen LogP contribution in [0.4, 0.5) is 11.4 Å². The van der Waals surface area contributed by atoms with Gasteiger partial charge in [0.15, 0.2) is 11.5 Å². The number of carbonyl (C=O) groups excluding carboxylic acids is 1. The van der Waals surface area contributed by atoms with E-state index in [2.05, 4.69) is 5.32 Å². The van der Waals surface area contributed by atoms with Crippen molar-refractivity contribution in [3.05, 3.63) is 78.2 Å². The van der Waals surface area contributed by atoms with Gasteiger partial charge in [-0.2, -0.15) is 0 Å². The number of nitrogens with zero attached hydrogens (tertiary/aromatic N) is 1. The molecule has 7 heteroatoms. The van der Waals surface area contributed by atoms with E-state index < -0.39 is 6.04 Å². The van der Waals surface area contributed by atoms with Gasteiger partial charge in [-0.15, -0.1) is 0 Å². The molecule has 0 spiro atoms. The quantitative estimate of drug-likeness (QED) is 0.505. The second-order valence-corrected chi connectivity index (χ2v) is 7.47. The highest BCUT2D eigenvalue weighted by Crippen LogP contribution is 2.36. The summed E-state index contributed by atoms with van der Waals surface area (Å²) in [5, 5.41) is 4.40. The van der Waals surface area contributed by atoms with Crippen LogP contribution in [0, 0.1) is 0 Å². The van der Waals surface area contributed by atoms with E-state index in [1.54, 1.807) is 13.0 Å². The molecule has 0 unspecified atom stereocenters. The maximum absolute atomic E-state index is 12.1. The fourth-order valence-corrected chi connectivity index (χ4v) is 3.45. The number of anilines is 1. The van der Waals surface area contributed by atoms with E-state index in [0.717, 1.165) is 10.9 Å². The van der Waals surface area contributed by atoms with Gasteiger partial charge in [0, 0.05) is 17.0 Å². The van der Waals surface area contributed by atoms with Crippen LogP contribution < -0.4 is 25.9 Å². The number of benzene rings is 3. The third-order valence-corrected chi connectivity index (χ3v) is 5.12. The van der Waals surface area contributed by atoms with Crippen LogP contribution in [0.5, 0.6) is 11.5 Å². The molecule has 0 saturated heterocycles. The highest BCUT2D eigenvalue weighted by Gasteiger charge is 2.16. The highest BCUT2D eigenvalue weighted by atomic mass is 16.7. The Balaban J connectivity index is 1.66. The van der Waals surface area contributed by atoms with Crippen molar-refractivity contribution in [1.82, 2.24) is 0 Å². The largest absolute Gasteiger partial charge is 0.456 e. The molecule has 0 saturated carbocycles. The van der Waals surface area contributed by atoms with Gasteiger partial charge in [-0.3, -0.25) is 4.79 Å². The van der Waals surface area contributed by atoms with Gasteiger partial charge in [0.2, 0.25) is 12.7 Å². The van der Waals surface area contributed by atoms with Crippen LogP contribution in [0.3, 0.4) is 0 Å². The van der Waals surface area contributed by atoms with E-state index in [0.29, 0.717) is 39.6 Å². The normalized spacial score (nSPS) is 13.9. The number of fused-ring (bicyclic) bond motifs is 2. The first-order chi connectivity index (χ1) is 15.6. The smallest absolute Gasteiger partial charge is 0.241 e. The fourth-order valence-electron chi connectivity index (χ4n) is 3.45. The summed E-state index contributed by atoms with van der Waals surface area (Å²) in [5.74, 6) is 1.74. The van der Waals surface area contributed by atoms with E-state index in [1.165, 1.54) is 0 Å². The molecule has 0 radical (unpaired) electrons. The first-order valence-electron chi connectivity index (χ1n) is 10.2. The second-order valence-electron chi connectivity index (χ2n) is 7.47. The Bertz CT molecular complexity index is 1390. The first-order valence-corrected chi connectivity index (χ1v) is 10.2. The van der Waals surface area contributed by atoms with Crippen molar-refractivity contribution in [3.8, 4) is 22.8 Å². The molecule has 0 aliphatic carbocycles. The van der Waals surface area contributed by atoms with Gasteiger partial charge in [-0.1, -0.05) is 24.3 Å². The predicted molar refractivity (Wildman–Crippen MR) is 122 cm³/mol. The van der Waals surface area contributed by atoms with Crippen LogP contribution in [0.2, 0.25) is 0 Å². The van der Waals surface area contributed by atoms with Crippen LogP contribution in [0.15, 0.2) is 82.2 Å². The van der Waals surface area contributed by atoms with Crippen LogP contribution in [-0.4, -0.2) is 18.7 Å². The predicted octanol–water partition coefficient (Wildman–Crippen LogP) is 4.35. The molecule has 160 valence electrons. The van der Waals surface area contributed by atoms with Gasteiger partial charge < -0.3 is 24.9 Å². The van der Waals surface area contributed by atoms with E-state index in [4.69, 9.17) is 24.6 Å². The molecule has 5 rings (SSSR count). The number of nitrogens with two attached hydrogens (primary N) is 1. The number of rotatable bonds is 4. The maximum Gasteiger partial charge on any atom is 0.241 e. The van der Waals surface area contributed by atoms with Crippen LogP contribution in [0.25, 0.3) is 22.3 Å². The molecule has 1 aromatic heterocycles. The zero-order chi connectivity index (χ0) is 22.1. The molecule has 4 aromatic rings. The van der Waals surface area contributed by atoms with Crippen molar-refractivity contribution in [3.63, 3.8) is 0 Å². The lowest BCUT2D eigenvalue weighted by molar-refractivity contribution is -0.117. The minimum absolute atomic E-state index is 0.207. The van der Waals surface area contributed by atoms with Gasteiger partial charge >= 0.3 is 0 Å². The van der Waals surface area contributed by atoms with Crippen molar-refractivity contribution < 1.29 is 18.7 Å². The molecule has 0 bridgehead atoms. The minimum Gasteiger partial charge on any atom is -0.456 e. The zero-order valence-electron chi connectivity index (χ0n) is 17.4. The standard InChI is InChI=1S/C25H21N3O4/c1-15(26)25(29)28-19-8-4-3-7-18(19)27-20-13-23(32-21-9-5-2-6-17(20)21)16-10-11-22-24(12-16)31-14-30-22/h2-13,15H,14,26H2,1H3,(H,28,29)/t15-/m0/s1.